The minimum Gasteiger partial charge on any atom is -0.284 e. The summed E-state index contributed by atoms with van der Waals surface area (Å²) in [6, 6.07) is 0. The van der Waals surface area contributed by atoms with Crippen molar-refractivity contribution in [2.75, 3.05) is 39.3 Å². The molecule has 0 rings (SSSR count). The van der Waals surface area contributed by atoms with Crippen LogP contribution in [0.25, 0.3) is 0 Å². The molecule has 7 heteroatoms. The van der Waals surface area contributed by atoms with E-state index in [1.54, 1.807) is 0 Å². The molecule has 0 N–H and O–H groups in total. The normalized spacial score (nSPS) is 12.5. The van der Waals surface area contributed by atoms with Crippen molar-refractivity contribution < 1.29 is 13.6 Å². The van der Waals surface area contributed by atoms with Crippen LogP contribution in [0.2, 0.25) is 6.55 Å². The van der Waals surface area contributed by atoms with Gasteiger partial charge in [0.1, 0.15) is 0 Å². The maximum Gasteiger partial charge on any atom is 0.549 e. The Bertz CT molecular complexity index is 393. The van der Waals surface area contributed by atoms with E-state index in [0.717, 1.165) is 77.8 Å². The van der Waals surface area contributed by atoms with Crippen LogP contribution in [0.3, 0.4) is 0 Å². The van der Waals surface area contributed by atoms with E-state index in [1.165, 1.54) is 77.0 Å². The van der Waals surface area contributed by atoms with Gasteiger partial charge in [-0.3, -0.25) is 13.6 Å². The third-order valence-corrected chi connectivity index (χ3v) is 8.72. The number of rotatable bonds is 30. The highest BCUT2D eigenvalue weighted by Gasteiger charge is 2.43. The van der Waals surface area contributed by atoms with E-state index < -0.39 is 8.80 Å². The average Bonchev–Trinajstić information content (AvgIpc) is 2.89. The predicted molar refractivity (Wildman–Crippen MR) is 167 cm³/mol. The molecule has 6 nitrogen and oxygen atoms in total. The third-order valence-electron chi connectivity index (χ3n) is 6.95. The molecule has 38 heavy (non-hydrogen) atoms. The Morgan fingerprint density at radius 3 is 0.684 bits per heavy atom. The molecule has 0 heterocycles. The van der Waals surface area contributed by atoms with Crippen molar-refractivity contribution in [2.24, 2.45) is 0 Å². The minimum atomic E-state index is -3.02. The zero-order valence-corrected chi connectivity index (χ0v) is 28.0. The topological polar surface area (TPSA) is 37.4 Å². The number of unbranched alkanes of at least 4 members (excludes halogenated alkanes) is 12. The molecule has 0 unspecified atom stereocenters. The molecule has 0 aliphatic rings. The summed E-state index contributed by atoms with van der Waals surface area (Å²) in [5, 5.41) is 6.60. The first-order valence-electron chi connectivity index (χ1n) is 16.8. The fraction of sp³-hybridized carbons (Fsp3) is 1.00. The van der Waals surface area contributed by atoms with E-state index in [2.05, 4.69) is 63.3 Å². The monoisotopic (exact) mass is 560 g/mol. The van der Waals surface area contributed by atoms with Crippen molar-refractivity contribution in [3.8, 4) is 0 Å². The smallest absolute Gasteiger partial charge is 0.284 e. The lowest BCUT2D eigenvalue weighted by Crippen LogP contribution is -2.56. The maximum atomic E-state index is 6.86. The number of hydroxylamine groups is 6. The lowest BCUT2D eigenvalue weighted by atomic mass is 10.2. The molecule has 0 bridgehead atoms. The first-order valence-corrected chi connectivity index (χ1v) is 19.0. The van der Waals surface area contributed by atoms with Crippen molar-refractivity contribution in [1.82, 2.24) is 15.2 Å². The summed E-state index contributed by atoms with van der Waals surface area (Å²) >= 11 is 0. The van der Waals surface area contributed by atoms with Crippen LogP contribution in [0, 0.1) is 0 Å². The summed E-state index contributed by atoms with van der Waals surface area (Å²) < 4.78 is 20.6. The Kier molecular flexibility index (Phi) is 27.1. The minimum absolute atomic E-state index is 0.949. The van der Waals surface area contributed by atoms with E-state index in [-0.39, 0.29) is 0 Å². The molecule has 0 aromatic carbocycles. The maximum absolute atomic E-state index is 6.86. The van der Waals surface area contributed by atoms with E-state index in [4.69, 9.17) is 13.6 Å². The fourth-order valence-corrected chi connectivity index (χ4v) is 6.65. The van der Waals surface area contributed by atoms with Gasteiger partial charge in [0.2, 0.25) is 0 Å². The second kappa shape index (κ2) is 27.2. The first kappa shape index (κ1) is 38.0. The second-order valence-corrected chi connectivity index (χ2v) is 13.4. The molecule has 0 spiro atoms. The largest absolute Gasteiger partial charge is 0.549 e. The van der Waals surface area contributed by atoms with Crippen LogP contribution >= 0.6 is 0 Å². The zero-order chi connectivity index (χ0) is 28.3. The number of nitrogens with zero attached hydrogens (tertiary/aromatic N) is 3. The van der Waals surface area contributed by atoms with Gasteiger partial charge in [0, 0.05) is 45.8 Å². The summed E-state index contributed by atoms with van der Waals surface area (Å²) in [6.07, 6.45) is 21.6. The van der Waals surface area contributed by atoms with Crippen LogP contribution in [0.4, 0.5) is 0 Å². The van der Waals surface area contributed by atoms with Gasteiger partial charge >= 0.3 is 8.80 Å². The van der Waals surface area contributed by atoms with E-state index in [0.29, 0.717) is 0 Å². The number of hydrogen-bond donors (Lipinski definition) is 0. The van der Waals surface area contributed by atoms with Crippen LogP contribution in [0.5, 0.6) is 0 Å². The van der Waals surface area contributed by atoms with Gasteiger partial charge < -0.3 is 0 Å². The predicted octanol–water partition coefficient (Wildman–Crippen LogP) is 9.40. The Morgan fingerprint density at radius 2 is 0.526 bits per heavy atom. The van der Waals surface area contributed by atoms with E-state index in [1.807, 2.05) is 0 Å². The molecule has 0 aromatic heterocycles. The molecule has 0 aliphatic carbocycles. The quantitative estimate of drug-likeness (QED) is 0.0496. The zero-order valence-electron chi connectivity index (χ0n) is 27.0. The molecule has 0 atom stereocenters. The molecule has 0 aromatic rings. The van der Waals surface area contributed by atoms with Gasteiger partial charge in [0.15, 0.2) is 0 Å². The van der Waals surface area contributed by atoms with Crippen LogP contribution in [-0.2, 0) is 13.6 Å². The Hall–Kier alpha value is -0.0231. The molecule has 0 aliphatic heterocycles. The highest BCUT2D eigenvalue weighted by Crippen LogP contribution is 2.20. The lowest BCUT2D eigenvalue weighted by molar-refractivity contribution is -0.226. The van der Waals surface area contributed by atoms with Gasteiger partial charge in [0.05, 0.1) is 0 Å². The molecule has 0 saturated heterocycles. The highest BCUT2D eigenvalue weighted by molar-refractivity contribution is 6.58. The highest BCUT2D eigenvalue weighted by atomic mass is 28.4. The Labute approximate surface area is 240 Å². The molecule has 0 radical (unpaired) electrons. The molecular weight excluding hydrogens is 490 g/mol. The standard InChI is InChI=1S/C31H69N3O3Si/c1-8-14-20-26-32(27-21-15-9-2)35-38(7,36-33(28-22-16-10-3)29-23-17-11-4)37-34(30-24-18-12-5)31-25-19-13-6/h8-31H2,1-7H3. The SMILES string of the molecule is CCCCCN(CCCCC)O[Si](C)(ON(CCCCC)CCCCC)ON(CCCCC)CCCCC. The van der Waals surface area contributed by atoms with Gasteiger partial charge in [-0.2, -0.15) is 15.2 Å². The second-order valence-electron chi connectivity index (χ2n) is 11.2. The van der Waals surface area contributed by atoms with Crippen LogP contribution in [-0.4, -0.2) is 63.3 Å². The molecule has 230 valence electrons. The van der Waals surface area contributed by atoms with Gasteiger partial charge in [-0.05, 0) is 38.5 Å². The van der Waals surface area contributed by atoms with Crippen molar-refractivity contribution in [1.29, 1.82) is 0 Å². The van der Waals surface area contributed by atoms with Crippen molar-refractivity contribution >= 4 is 8.80 Å². The van der Waals surface area contributed by atoms with Crippen molar-refractivity contribution in [2.45, 2.75) is 164 Å². The van der Waals surface area contributed by atoms with Crippen molar-refractivity contribution in [3.05, 3.63) is 0 Å². The van der Waals surface area contributed by atoms with Crippen LogP contribution in [0.15, 0.2) is 0 Å². The van der Waals surface area contributed by atoms with Crippen LogP contribution in [0.1, 0.15) is 157 Å². The summed E-state index contributed by atoms with van der Waals surface area (Å²) in [5.74, 6) is 0. The van der Waals surface area contributed by atoms with Gasteiger partial charge in [-0.15, -0.1) is 0 Å². The third kappa shape index (κ3) is 21.8. The van der Waals surface area contributed by atoms with Crippen LogP contribution < -0.4 is 0 Å². The average molecular weight is 560 g/mol. The molecule has 0 saturated carbocycles. The summed E-state index contributed by atoms with van der Waals surface area (Å²) in [5.41, 5.74) is 0. The molecule has 0 amide bonds. The fourth-order valence-electron chi connectivity index (χ4n) is 4.59. The number of hydrogen-bond acceptors (Lipinski definition) is 6. The van der Waals surface area contributed by atoms with E-state index in [9.17, 15) is 0 Å². The van der Waals surface area contributed by atoms with Gasteiger partial charge in [-0.1, -0.05) is 119 Å². The molecule has 0 fully saturated rings. The summed E-state index contributed by atoms with van der Waals surface area (Å²) in [7, 11) is -3.02. The Morgan fingerprint density at radius 1 is 0.342 bits per heavy atom. The van der Waals surface area contributed by atoms with E-state index >= 15 is 0 Å². The lowest BCUT2D eigenvalue weighted by Gasteiger charge is -2.38. The van der Waals surface area contributed by atoms with Crippen molar-refractivity contribution in [3.63, 3.8) is 0 Å². The molecular formula is C31H69N3O3Si. The first-order chi connectivity index (χ1) is 18.5. The summed E-state index contributed by atoms with van der Waals surface area (Å²) in [4.78, 5) is 0. The summed E-state index contributed by atoms with van der Waals surface area (Å²) in [6.45, 7) is 21.4. The van der Waals surface area contributed by atoms with Gasteiger partial charge in [-0.25, -0.2) is 0 Å². The Balaban J connectivity index is 5.79. The van der Waals surface area contributed by atoms with Gasteiger partial charge in [0.25, 0.3) is 0 Å².